The summed E-state index contributed by atoms with van der Waals surface area (Å²) in [5.41, 5.74) is 0. The van der Waals surface area contributed by atoms with E-state index in [4.69, 9.17) is 0 Å². The summed E-state index contributed by atoms with van der Waals surface area (Å²) in [4.78, 5) is 13.7. The molecule has 2 rings (SSSR count). The number of fused-ring (bicyclic) bond motifs is 2. The number of amides is 1. The zero-order valence-electron chi connectivity index (χ0n) is 8.42. The number of hydrogen-bond donors (Lipinski definition) is 1. The van der Waals surface area contributed by atoms with Crippen LogP contribution in [0.5, 0.6) is 0 Å². The molecule has 13 heavy (non-hydrogen) atoms. The fourth-order valence-corrected chi connectivity index (χ4v) is 2.34. The summed E-state index contributed by atoms with van der Waals surface area (Å²) in [5.74, 6) is 0.468. The van der Waals surface area contributed by atoms with E-state index in [-0.39, 0.29) is 5.92 Å². The van der Waals surface area contributed by atoms with Crippen LogP contribution >= 0.6 is 0 Å². The van der Waals surface area contributed by atoms with Gasteiger partial charge >= 0.3 is 0 Å². The third-order valence-corrected chi connectivity index (χ3v) is 3.02. The van der Waals surface area contributed by atoms with Gasteiger partial charge in [0.1, 0.15) is 0 Å². The minimum Gasteiger partial charge on any atom is -0.339 e. The van der Waals surface area contributed by atoms with Crippen LogP contribution in [0.1, 0.15) is 26.7 Å². The van der Waals surface area contributed by atoms with Gasteiger partial charge in [-0.2, -0.15) is 0 Å². The zero-order chi connectivity index (χ0) is 9.42. The van der Waals surface area contributed by atoms with Crippen LogP contribution in [0.15, 0.2) is 0 Å². The van der Waals surface area contributed by atoms with Gasteiger partial charge in [0.25, 0.3) is 0 Å². The van der Waals surface area contributed by atoms with Gasteiger partial charge in [0, 0.05) is 31.1 Å². The molecule has 2 heterocycles. The molecule has 1 amide bonds. The minimum absolute atomic E-state index is 0.150. The molecule has 74 valence electrons. The predicted octanol–water partition coefficient (Wildman–Crippen LogP) is 0.605. The standard InChI is InChI=1S/C10H18N2O/c1-7(2)10(13)12-5-8-3-4-9(6-12)11-8/h7-9,11H,3-6H2,1-2H3/t8-,9+. The van der Waals surface area contributed by atoms with Gasteiger partial charge in [0.05, 0.1) is 0 Å². The Morgan fingerprint density at radius 2 is 1.85 bits per heavy atom. The molecule has 1 N–H and O–H groups in total. The molecule has 0 aliphatic carbocycles. The Morgan fingerprint density at radius 1 is 1.31 bits per heavy atom. The minimum atomic E-state index is 0.150. The second-order valence-corrected chi connectivity index (χ2v) is 4.54. The topological polar surface area (TPSA) is 32.3 Å². The van der Waals surface area contributed by atoms with E-state index in [2.05, 4.69) is 5.32 Å². The first-order valence-electron chi connectivity index (χ1n) is 5.21. The fourth-order valence-electron chi connectivity index (χ4n) is 2.34. The van der Waals surface area contributed by atoms with Crippen molar-refractivity contribution in [2.75, 3.05) is 13.1 Å². The molecular formula is C10H18N2O. The second kappa shape index (κ2) is 3.29. The molecule has 2 aliphatic rings. The molecule has 0 unspecified atom stereocenters. The van der Waals surface area contributed by atoms with Crippen LogP contribution in [0.4, 0.5) is 0 Å². The molecule has 2 aliphatic heterocycles. The van der Waals surface area contributed by atoms with Crippen LogP contribution in [0.2, 0.25) is 0 Å². The van der Waals surface area contributed by atoms with E-state index in [1.807, 2.05) is 18.7 Å². The average molecular weight is 182 g/mol. The number of carbonyl (C=O) groups is 1. The first-order chi connectivity index (χ1) is 6.16. The van der Waals surface area contributed by atoms with E-state index >= 15 is 0 Å². The summed E-state index contributed by atoms with van der Waals surface area (Å²) in [6.07, 6.45) is 2.49. The molecule has 0 aromatic carbocycles. The Morgan fingerprint density at radius 3 is 2.31 bits per heavy atom. The summed E-state index contributed by atoms with van der Waals surface area (Å²) in [7, 11) is 0. The molecule has 0 spiro atoms. The highest BCUT2D eigenvalue weighted by Crippen LogP contribution is 2.21. The third-order valence-electron chi connectivity index (χ3n) is 3.02. The SMILES string of the molecule is CC(C)C(=O)N1C[C@H]2CC[C@@H](C1)N2. The van der Waals surface area contributed by atoms with Gasteiger partial charge in [-0.25, -0.2) is 0 Å². The molecule has 0 aromatic heterocycles. The van der Waals surface area contributed by atoms with Gasteiger partial charge in [0.15, 0.2) is 0 Å². The van der Waals surface area contributed by atoms with Crippen LogP contribution in [0, 0.1) is 5.92 Å². The number of rotatable bonds is 1. The lowest BCUT2D eigenvalue weighted by atomic mass is 10.1. The van der Waals surface area contributed by atoms with Crippen molar-refractivity contribution in [1.82, 2.24) is 10.2 Å². The van der Waals surface area contributed by atoms with Crippen LogP contribution in [0.3, 0.4) is 0 Å². The van der Waals surface area contributed by atoms with Crippen LogP contribution in [0.25, 0.3) is 0 Å². The van der Waals surface area contributed by atoms with Crippen molar-refractivity contribution in [3.63, 3.8) is 0 Å². The first kappa shape index (κ1) is 9.00. The van der Waals surface area contributed by atoms with Crippen molar-refractivity contribution in [3.8, 4) is 0 Å². The molecule has 2 bridgehead atoms. The zero-order valence-corrected chi connectivity index (χ0v) is 8.42. The van der Waals surface area contributed by atoms with Crippen molar-refractivity contribution in [3.05, 3.63) is 0 Å². The Balaban J connectivity index is 1.98. The molecular weight excluding hydrogens is 164 g/mol. The lowest BCUT2D eigenvalue weighted by Crippen LogP contribution is -2.53. The Kier molecular flexibility index (Phi) is 2.28. The van der Waals surface area contributed by atoms with Crippen molar-refractivity contribution in [2.45, 2.75) is 38.8 Å². The quantitative estimate of drug-likeness (QED) is 0.644. The maximum Gasteiger partial charge on any atom is 0.225 e. The molecule has 2 saturated heterocycles. The van der Waals surface area contributed by atoms with Gasteiger partial charge in [0.2, 0.25) is 5.91 Å². The monoisotopic (exact) mass is 182 g/mol. The molecule has 3 heteroatoms. The number of piperazine rings is 1. The van der Waals surface area contributed by atoms with Crippen LogP contribution in [-0.4, -0.2) is 36.0 Å². The number of nitrogens with zero attached hydrogens (tertiary/aromatic N) is 1. The molecule has 2 fully saturated rings. The van der Waals surface area contributed by atoms with Gasteiger partial charge in [-0.1, -0.05) is 13.8 Å². The molecule has 0 radical (unpaired) electrons. The van der Waals surface area contributed by atoms with Gasteiger partial charge in [-0.15, -0.1) is 0 Å². The third kappa shape index (κ3) is 1.70. The lowest BCUT2D eigenvalue weighted by Gasteiger charge is -2.33. The van der Waals surface area contributed by atoms with E-state index in [1.54, 1.807) is 0 Å². The molecule has 3 nitrogen and oxygen atoms in total. The Hall–Kier alpha value is -0.570. The summed E-state index contributed by atoms with van der Waals surface area (Å²) < 4.78 is 0. The maximum absolute atomic E-state index is 11.7. The van der Waals surface area contributed by atoms with Crippen molar-refractivity contribution < 1.29 is 4.79 Å². The highest BCUT2D eigenvalue weighted by atomic mass is 16.2. The Bertz CT molecular complexity index is 203. The predicted molar refractivity (Wildman–Crippen MR) is 51.4 cm³/mol. The number of carbonyl (C=O) groups excluding carboxylic acids is 1. The van der Waals surface area contributed by atoms with Crippen LogP contribution in [-0.2, 0) is 4.79 Å². The van der Waals surface area contributed by atoms with E-state index in [0.717, 1.165) is 13.1 Å². The maximum atomic E-state index is 11.7. The summed E-state index contributed by atoms with van der Waals surface area (Å²) in [6, 6.07) is 1.14. The van der Waals surface area contributed by atoms with E-state index in [1.165, 1.54) is 12.8 Å². The Labute approximate surface area is 79.5 Å². The molecule has 2 atom stereocenters. The van der Waals surface area contributed by atoms with E-state index in [0.29, 0.717) is 18.0 Å². The summed E-state index contributed by atoms with van der Waals surface area (Å²) in [5, 5.41) is 3.52. The highest BCUT2D eigenvalue weighted by molar-refractivity contribution is 5.78. The summed E-state index contributed by atoms with van der Waals surface area (Å²) in [6.45, 7) is 5.81. The van der Waals surface area contributed by atoms with Crippen LogP contribution < -0.4 is 5.32 Å². The van der Waals surface area contributed by atoms with Crippen molar-refractivity contribution >= 4 is 5.91 Å². The van der Waals surface area contributed by atoms with Gasteiger partial charge < -0.3 is 10.2 Å². The summed E-state index contributed by atoms with van der Waals surface area (Å²) >= 11 is 0. The fraction of sp³-hybridized carbons (Fsp3) is 0.900. The molecule has 0 saturated carbocycles. The smallest absolute Gasteiger partial charge is 0.225 e. The largest absolute Gasteiger partial charge is 0.339 e. The average Bonchev–Trinajstić information content (AvgIpc) is 2.44. The van der Waals surface area contributed by atoms with Crippen molar-refractivity contribution in [1.29, 1.82) is 0 Å². The van der Waals surface area contributed by atoms with E-state index in [9.17, 15) is 4.79 Å². The number of likely N-dealkylation sites (tertiary alicyclic amines) is 1. The van der Waals surface area contributed by atoms with Gasteiger partial charge in [-0.05, 0) is 12.8 Å². The normalized spacial score (nSPS) is 32.7. The highest BCUT2D eigenvalue weighted by Gasteiger charge is 2.34. The first-order valence-corrected chi connectivity index (χ1v) is 5.21. The second-order valence-electron chi connectivity index (χ2n) is 4.54. The number of nitrogens with one attached hydrogen (secondary N) is 1. The van der Waals surface area contributed by atoms with Gasteiger partial charge in [-0.3, -0.25) is 4.79 Å². The molecule has 0 aromatic rings. The van der Waals surface area contributed by atoms with E-state index < -0.39 is 0 Å². The van der Waals surface area contributed by atoms with Crippen molar-refractivity contribution in [2.24, 2.45) is 5.92 Å². The lowest BCUT2D eigenvalue weighted by molar-refractivity contribution is -0.135. The number of hydrogen-bond acceptors (Lipinski definition) is 2.